The molecule has 2 aromatic carbocycles. The maximum atomic E-state index is 10.0. The van der Waals surface area contributed by atoms with Gasteiger partial charge in [-0.1, -0.05) is 18.2 Å². The SMILES string of the molecule is Nc1ccc2c(c1)c1c(n2Cc2ccccc2O)CCC1. The summed E-state index contributed by atoms with van der Waals surface area (Å²) in [6.45, 7) is 0.711. The monoisotopic (exact) mass is 278 g/mol. The number of anilines is 1. The van der Waals surface area contributed by atoms with Gasteiger partial charge in [0.15, 0.2) is 0 Å². The second-order valence-electron chi connectivity index (χ2n) is 5.77. The molecule has 0 bridgehead atoms. The smallest absolute Gasteiger partial charge is 0.120 e. The molecule has 0 saturated heterocycles. The minimum atomic E-state index is 0.363. The van der Waals surface area contributed by atoms with E-state index >= 15 is 0 Å². The van der Waals surface area contributed by atoms with E-state index in [2.05, 4.69) is 16.7 Å². The number of nitrogens with two attached hydrogens (primary N) is 1. The highest BCUT2D eigenvalue weighted by molar-refractivity contribution is 5.89. The minimum Gasteiger partial charge on any atom is -0.508 e. The van der Waals surface area contributed by atoms with Crippen molar-refractivity contribution in [2.24, 2.45) is 0 Å². The summed E-state index contributed by atoms with van der Waals surface area (Å²) in [7, 11) is 0. The second kappa shape index (κ2) is 4.55. The topological polar surface area (TPSA) is 51.2 Å². The Labute approximate surface area is 123 Å². The summed E-state index contributed by atoms with van der Waals surface area (Å²) in [4.78, 5) is 0. The molecule has 3 heteroatoms. The van der Waals surface area contributed by atoms with Crippen molar-refractivity contribution in [2.45, 2.75) is 25.8 Å². The molecule has 0 radical (unpaired) electrons. The standard InChI is InChI=1S/C18H18N2O/c19-13-8-9-17-15(10-13)14-5-3-6-16(14)20(17)11-12-4-1-2-7-18(12)21/h1-2,4,7-10,21H,3,5-6,11,19H2. The van der Waals surface area contributed by atoms with Crippen LogP contribution in [0.4, 0.5) is 5.69 Å². The summed E-state index contributed by atoms with van der Waals surface area (Å²) in [6, 6.07) is 13.7. The molecule has 21 heavy (non-hydrogen) atoms. The van der Waals surface area contributed by atoms with E-state index in [0.717, 1.165) is 24.1 Å². The molecule has 4 rings (SSSR count). The van der Waals surface area contributed by atoms with Crippen LogP contribution >= 0.6 is 0 Å². The number of rotatable bonds is 2. The average Bonchev–Trinajstić information content (AvgIpc) is 3.04. The summed E-state index contributed by atoms with van der Waals surface area (Å²) in [5.74, 6) is 0.363. The number of phenolic OH excluding ortho intramolecular Hbond substituents is 1. The van der Waals surface area contributed by atoms with Crippen LogP contribution in [0.5, 0.6) is 5.75 Å². The first-order valence-electron chi connectivity index (χ1n) is 7.40. The number of nitrogen functional groups attached to an aromatic ring is 1. The predicted octanol–water partition coefficient (Wildman–Crippen LogP) is 3.47. The van der Waals surface area contributed by atoms with Gasteiger partial charge in [-0.15, -0.1) is 0 Å². The fraction of sp³-hybridized carbons (Fsp3) is 0.222. The van der Waals surface area contributed by atoms with Gasteiger partial charge in [-0.2, -0.15) is 0 Å². The largest absolute Gasteiger partial charge is 0.508 e. The van der Waals surface area contributed by atoms with Crippen molar-refractivity contribution in [1.29, 1.82) is 0 Å². The molecule has 3 nitrogen and oxygen atoms in total. The van der Waals surface area contributed by atoms with E-state index in [-0.39, 0.29) is 0 Å². The zero-order valence-corrected chi connectivity index (χ0v) is 11.8. The van der Waals surface area contributed by atoms with Crippen molar-refractivity contribution in [3.05, 3.63) is 59.3 Å². The summed E-state index contributed by atoms with van der Waals surface area (Å²) in [6.07, 6.45) is 3.44. The number of benzene rings is 2. The quantitative estimate of drug-likeness (QED) is 0.705. The first kappa shape index (κ1) is 12.3. The number of nitrogens with zero attached hydrogens (tertiary/aromatic N) is 1. The zero-order valence-electron chi connectivity index (χ0n) is 11.8. The second-order valence-corrected chi connectivity index (χ2v) is 5.77. The van der Waals surface area contributed by atoms with Crippen LogP contribution in [0, 0.1) is 0 Å². The Hall–Kier alpha value is -2.42. The minimum absolute atomic E-state index is 0.363. The molecule has 1 aromatic heterocycles. The van der Waals surface area contributed by atoms with Gasteiger partial charge in [0.05, 0.1) is 6.54 Å². The van der Waals surface area contributed by atoms with Crippen molar-refractivity contribution in [2.75, 3.05) is 5.73 Å². The molecule has 106 valence electrons. The van der Waals surface area contributed by atoms with Crippen molar-refractivity contribution in [3.8, 4) is 5.75 Å². The van der Waals surface area contributed by atoms with Crippen LogP contribution < -0.4 is 5.73 Å². The van der Waals surface area contributed by atoms with E-state index in [0.29, 0.717) is 12.3 Å². The van der Waals surface area contributed by atoms with Gasteiger partial charge < -0.3 is 15.4 Å². The third-order valence-corrected chi connectivity index (χ3v) is 4.47. The molecule has 0 amide bonds. The van der Waals surface area contributed by atoms with Gasteiger partial charge in [-0.25, -0.2) is 0 Å². The van der Waals surface area contributed by atoms with Crippen molar-refractivity contribution in [3.63, 3.8) is 0 Å². The number of hydrogen-bond donors (Lipinski definition) is 2. The Balaban J connectivity index is 1.91. The molecule has 1 heterocycles. The summed E-state index contributed by atoms with van der Waals surface area (Å²) in [5.41, 5.74) is 11.8. The summed E-state index contributed by atoms with van der Waals surface area (Å²) in [5, 5.41) is 11.3. The van der Waals surface area contributed by atoms with Crippen molar-refractivity contribution >= 4 is 16.6 Å². The number of hydrogen-bond acceptors (Lipinski definition) is 2. The molecule has 0 fully saturated rings. The molecule has 0 spiro atoms. The molecular weight excluding hydrogens is 260 g/mol. The average molecular weight is 278 g/mol. The molecule has 0 unspecified atom stereocenters. The van der Waals surface area contributed by atoms with Gasteiger partial charge in [0.25, 0.3) is 0 Å². The van der Waals surface area contributed by atoms with Gasteiger partial charge in [0, 0.05) is 27.8 Å². The summed E-state index contributed by atoms with van der Waals surface area (Å²) >= 11 is 0. The van der Waals surface area contributed by atoms with E-state index in [9.17, 15) is 5.11 Å². The van der Waals surface area contributed by atoms with Crippen LogP contribution in [0.3, 0.4) is 0 Å². The molecule has 3 N–H and O–H groups in total. The highest BCUT2D eigenvalue weighted by Crippen LogP contribution is 2.35. The van der Waals surface area contributed by atoms with Crippen molar-refractivity contribution in [1.82, 2.24) is 4.57 Å². The number of aromatic nitrogens is 1. The molecule has 0 atom stereocenters. The van der Waals surface area contributed by atoms with Crippen LogP contribution in [-0.4, -0.2) is 9.67 Å². The fourth-order valence-corrected chi connectivity index (χ4v) is 3.49. The van der Waals surface area contributed by atoms with E-state index in [4.69, 9.17) is 5.73 Å². The summed E-state index contributed by atoms with van der Waals surface area (Å²) < 4.78 is 2.34. The van der Waals surface area contributed by atoms with Crippen LogP contribution in [0.1, 0.15) is 23.2 Å². The third kappa shape index (κ3) is 1.88. The van der Waals surface area contributed by atoms with Gasteiger partial charge in [-0.05, 0) is 49.1 Å². The molecule has 0 aliphatic heterocycles. The molecule has 1 aliphatic rings. The van der Waals surface area contributed by atoms with E-state index in [1.54, 1.807) is 6.07 Å². The lowest BCUT2D eigenvalue weighted by molar-refractivity contribution is 0.466. The number of aromatic hydroxyl groups is 1. The van der Waals surface area contributed by atoms with E-state index in [1.807, 2.05) is 24.3 Å². The van der Waals surface area contributed by atoms with Gasteiger partial charge >= 0.3 is 0 Å². The number of phenols is 1. The lowest BCUT2D eigenvalue weighted by Crippen LogP contribution is -2.03. The van der Waals surface area contributed by atoms with Gasteiger partial charge in [0.2, 0.25) is 0 Å². The normalized spacial score (nSPS) is 13.7. The Bertz CT molecular complexity index is 833. The Morgan fingerprint density at radius 1 is 1.10 bits per heavy atom. The van der Waals surface area contributed by atoms with Crippen LogP contribution in [0.2, 0.25) is 0 Å². The van der Waals surface area contributed by atoms with E-state index in [1.165, 1.54) is 28.6 Å². The van der Waals surface area contributed by atoms with Crippen LogP contribution in [0.15, 0.2) is 42.5 Å². The molecular formula is C18H18N2O. The lowest BCUT2D eigenvalue weighted by atomic mass is 10.1. The maximum absolute atomic E-state index is 10.0. The van der Waals surface area contributed by atoms with Crippen LogP contribution in [-0.2, 0) is 19.4 Å². The van der Waals surface area contributed by atoms with Gasteiger partial charge in [-0.3, -0.25) is 0 Å². The third-order valence-electron chi connectivity index (χ3n) is 4.47. The molecule has 1 aliphatic carbocycles. The predicted molar refractivity (Wildman–Crippen MR) is 85.6 cm³/mol. The first-order chi connectivity index (χ1) is 10.2. The number of fused-ring (bicyclic) bond motifs is 3. The van der Waals surface area contributed by atoms with Gasteiger partial charge in [0.1, 0.15) is 5.75 Å². The maximum Gasteiger partial charge on any atom is 0.120 e. The Morgan fingerprint density at radius 2 is 1.95 bits per heavy atom. The lowest BCUT2D eigenvalue weighted by Gasteiger charge is -2.11. The Kier molecular flexibility index (Phi) is 2.67. The highest BCUT2D eigenvalue weighted by Gasteiger charge is 2.21. The number of aryl methyl sites for hydroxylation is 1. The fourth-order valence-electron chi connectivity index (χ4n) is 3.49. The number of para-hydroxylation sites is 1. The first-order valence-corrected chi connectivity index (χ1v) is 7.40. The zero-order chi connectivity index (χ0) is 14.4. The Morgan fingerprint density at radius 3 is 2.81 bits per heavy atom. The molecule has 0 saturated carbocycles. The van der Waals surface area contributed by atoms with E-state index < -0.39 is 0 Å². The van der Waals surface area contributed by atoms with Crippen molar-refractivity contribution < 1.29 is 5.11 Å². The highest BCUT2D eigenvalue weighted by atomic mass is 16.3. The molecule has 3 aromatic rings. The van der Waals surface area contributed by atoms with Crippen LogP contribution in [0.25, 0.3) is 10.9 Å².